The SMILES string of the molecule is CCOc1ccc(-c2ccc(=O)n(CC(=O)N3CCN(c4ccccc4Cl)CC3)n2)cc1. The molecule has 0 radical (unpaired) electrons. The number of halogens is 1. The molecule has 8 heteroatoms. The molecule has 2 heterocycles. The Morgan fingerprint density at radius 1 is 1.00 bits per heavy atom. The van der Waals surface area contributed by atoms with Gasteiger partial charge in [0.15, 0.2) is 0 Å². The lowest BCUT2D eigenvalue weighted by atomic mass is 10.1. The molecule has 0 N–H and O–H groups in total. The largest absolute Gasteiger partial charge is 0.494 e. The molecule has 7 nitrogen and oxygen atoms in total. The first-order chi connectivity index (χ1) is 15.5. The Bertz CT molecular complexity index is 1140. The third-order valence-electron chi connectivity index (χ3n) is 5.44. The second-order valence-electron chi connectivity index (χ2n) is 7.49. The Hall–Kier alpha value is -3.32. The molecule has 0 spiro atoms. The fourth-order valence-electron chi connectivity index (χ4n) is 3.74. The van der Waals surface area contributed by atoms with Crippen LogP contribution in [0.3, 0.4) is 0 Å². The van der Waals surface area contributed by atoms with Gasteiger partial charge in [-0.25, -0.2) is 4.68 Å². The molecular weight excluding hydrogens is 428 g/mol. The van der Waals surface area contributed by atoms with E-state index in [9.17, 15) is 9.59 Å². The van der Waals surface area contributed by atoms with Gasteiger partial charge in [-0.15, -0.1) is 0 Å². The average molecular weight is 453 g/mol. The molecule has 0 atom stereocenters. The Kier molecular flexibility index (Phi) is 6.75. The highest BCUT2D eigenvalue weighted by molar-refractivity contribution is 6.33. The summed E-state index contributed by atoms with van der Waals surface area (Å²) in [7, 11) is 0. The molecule has 0 saturated carbocycles. The van der Waals surface area contributed by atoms with Gasteiger partial charge in [-0.2, -0.15) is 5.10 Å². The topological polar surface area (TPSA) is 67.7 Å². The van der Waals surface area contributed by atoms with E-state index in [1.54, 1.807) is 11.0 Å². The quantitative estimate of drug-likeness (QED) is 0.574. The van der Waals surface area contributed by atoms with E-state index < -0.39 is 0 Å². The monoisotopic (exact) mass is 452 g/mol. The molecule has 1 fully saturated rings. The lowest BCUT2D eigenvalue weighted by Gasteiger charge is -2.36. The number of hydrogen-bond donors (Lipinski definition) is 0. The van der Waals surface area contributed by atoms with E-state index in [1.807, 2.05) is 55.5 Å². The van der Waals surface area contributed by atoms with Crippen molar-refractivity contribution in [2.75, 3.05) is 37.7 Å². The van der Waals surface area contributed by atoms with Gasteiger partial charge in [0.05, 0.1) is 23.0 Å². The van der Waals surface area contributed by atoms with Crippen LogP contribution in [0.5, 0.6) is 5.75 Å². The van der Waals surface area contributed by atoms with Gasteiger partial charge < -0.3 is 14.5 Å². The summed E-state index contributed by atoms with van der Waals surface area (Å²) in [6, 6.07) is 18.3. The number of rotatable bonds is 6. The second-order valence-corrected chi connectivity index (χ2v) is 7.90. The standard InChI is InChI=1S/C24H25ClN4O3/c1-2-32-19-9-7-18(8-10-19)21-11-12-23(30)29(26-21)17-24(31)28-15-13-27(14-16-28)22-6-4-3-5-20(22)25/h3-12H,2,13-17H2,1H3. The highest BCUT2D eigenvalue weighted by Gasteiger charge is 2.23. The Morgan fingerprint density at radius 2 is 1.72 bits per heavy atom. The summed E-state index contributed by atoms with van der Waals surface area (Å²) in [4.78, 5) is 29.1. The number of benzene rings is 2. The number of ether oxygens (including phenoxy) is 1. The van der Waals surface area contributed by atoms with E-state index in [0.29, 0.717) is 43.5 Å². The van der Waals surface area contributed by atoms with Crippen molar-refractivity contribution in [2.45, 2.75) is 13.5 Å². The van der Waals surface area contributed by atoms with Gasteiger partial charge in [-0.3, -0.25) is 9.59 Å². The minimum absolute atomic E-state index is 0.0875. The van der Waals surface area contributed by atoms with E-state index in [1.165, 1.54) is 10.7 Å². The van der Waals surface area contributed by atoms with E-state index in [0.717, 1.165) is 17.0 Å². The van der Waals surface area contributed by atoms with E-state index in [2.05, 4.69) is 10.00 Å². The molecule has 1 amide bonds. The summed E-state index contributed by atoms with van der Waals surface area (Å²) in [6.07, 6.45) is 0. The van der Waals surface area contributed by atoms with Gasteiger partial charge >= 0.3 is 0 Å². The minimum atomic E-state index is -0.303. The van der Waals surface area contributed by atoms with Gasteiger partial charge in [0.2, 0.25) is 5.91 Å². The molecule has 1 aromatic heterocycles. The average Bonchev–Trinajstić information content (AvgIpc) is 2.82. The molecule has 4 rings (SSSR count). The highest BCUT2D eigenvalue weighted by Crippen LogP contribution is 2.26. The van der Waals surface area contributed by atoms with Crippen molar-refractivity contribution in [3.05, 3.63) is 76.0 Å². The summed E-state index contributed by atoms with van der Waals surface area (Å²) in [5, 5.41) is 5.12. The lowest BCUT2D eigenvalue weighted by Crippen LogP contribution is -2.50. The molecule has 1 aliphatic heterocycles. The van der Waals surface area contributed by atoms with Crippen molar-refractivity contribution in [3.63, 3.8) is 0 Å². The van der Waals surface area contributed by atoms with Crippen molar-refractivity contribution in [1.82, 2.24) is 14.7 Å². The maximum Gasteiger partial charge on any atom is 0.267 e. The van der Waals surface area contributed by atoms with Crippen LogP contribution in [-0.4, -0.2) is 53.4 Å². The van der Waals surface area contributed by atoms with Gasteiger partial charge in [-0.1, -0.05) is 23.7 Å². The zero-order valence-corrected chi connectivity index (χ0v) is 18.7. The highest BCUT2D eigenvalue weighted by atomic mass is 35.5. The number of nitrogens with zero attached hydrogens (tertiary/aromatic N) is 4. The van der Waals surface area contributed by atoms with Crippen LogP contribution < -0.4 is 15.2 Å². The Morgan fingerprint density at radius 3 is 2.41 bits per heavy atom. The van der Waals surface area contributed by atoms with E-state index in [-0.39, 0.29) is 18.0 Å². The number of carbonyl (C=O) groups excluding carboxylic acids is 1. The minimum Gasteiger partial charge on any atom is -0.494 e. The van der Waals surface area contributed by atoms with Crippen LogP contribution in [0.4, 0.5) is 5.69 Å². The molecule has 0 bridgehead atoms. The van der Waals surface area contributed by atoms with Crippen LogP contribution in [0.2, 0.25) is 5.02 Å². The normalized spacial score (nSPS) is 13.8. The summed E-state index contributed by atoms with van der Waals surface area (Å²) < 4.78 is 6.70. The maximum atomic E-state index is 12.9. The van der Waals surface area contributed by atoms with Crippen molar-refractivity contribution in [1.29, 1.82) is 0 Å². The summed E-state index contributed by atoms with van der Waals surface area (Å²) in [6.45, 7) is 4.94. The number of anilines is 1. The second kappa shape index (κ2) is 9.87. The molecule has 1 saturated heterocycles. The van der Waals surface area contributed by atoms with E-state index in [4.69, 9.17) is 16.3 Å². The third kappa shape index (κ3) is 4.94. The summed E-state index contributed by atoms with van der Waals surface area (Å²) in [5.41, 5.74) is 2.15. The first-order valence-electron chi connectivity index (χ1n) is 10.6. The molecule has 2 aromatic carbocycles. The molecule has 3 aromatic rings. The zero-order valence-electron chi connectivity index (χ0n) is 17.9. The predicted octanol–water partition coefficient (Wildman–Crippen LogP) is 3.31. The molecule has 0 unspecified atom stereocenters. The van der Waals surface area contributed by atoms with Crippen molar-refractivity contribution in [3.8, 4) is 17.0 Å². The van der Waals surface area contributed by atoms with Crippen LogP contribution in [0, 0.1) is 0 Å². The fourth-order valence-corrected chi connectivity index (χ4v) is 3.99. The number of amides is 1. The summed E-state index contributed by atoms with van der Waals surface area (Å²) in [5.74, 6) is 0.651. The van der Waals surface area contributed by atoms with Crippen molar-refractivity contribution >= 4 is 23.2 Å². The van der Waals surface area contributed by atoms with Crippen molar-refractivity contribution < 1.29 is 9.53 Å². The number of piperazine rings is 1. The molecule has 1 aliphatic rings. The van der Waals surface area contributed by atoms with Gasteiger partial charge in [0.1, 0.15) is 12.3 Å². The number of aromatic nitrogens is 2. The predicted molar refractivity (Wildman–Crippen MR) is 125 cm³/mol. The van der Waals surface area contributed by atoms with Crippen LogP contribution in [0.15, 0.2) is 65.5 Å². The van der Waals surface area contributed by atoms with Crippen molar-refractivity contribution in [2.24, 2.45) is 0 Å². The Balaban J connectivity index is 1.42. The van der Waals surface area contributed by atoms with Crippen LogP contribution in [0.1, 0.15) is 6.92 Å². The molecule has 32 heavy (non-hydrogen) atoms. The number of hydrogen-bond acceptors (Lipinski definition) is 5. The molecular formula is C24H25ClN4O3. The van der Waals surface area contributed by atoms with Gasteiger partial charge in [-0.05, 0) is 49.4 Å². The summed E-state index contributed by atoms with van der Waals surface area (Å²) >= 11 is 6.30. The van der Waals surface area contributed by atoms with Gasteiger partial charge in [0, 0.05) is 37.8 Å². The third-order valence-corrected chi connectivity index (χ3v) is 5.76. The van der Waals surface area contributed by atoms with Crippen LogP contribution in [0.25, 0.3) is 11.3 Å². The molecule has 166 valence electrons. The first-order valence-corrected chi connectivity index (χ1v) is 11.0. The maximum absolute atomic E-state index is 12.9. The molecule has 0 aliphatic carbocycles. The fraction of sp³-hybridized carbons (Fsp3) is 0.292. The number of para-hydroxylation sites is 1. The number of carbonyl (C=O) groups is 1. The van der Waals surface area contributed by atoms with Gasteiger partial charge in [0.25, 0.3) is 5.56 Å². The smallest absolute Gasteiger partial charge is 0.267 e. The van der Waals surface area contributed by atoms with Crippen LogP contribution in [-0.2, 0) is 11.3 Å². The van der Waals surface area contributed by atoms with Crippen LogP contribution >= 0.6 is 11.6 Å². The first kappa shape index (κ1) is 21.9. The lowest BCUT2D eigenvalue weighted by molar-refractivity contribution is -0.132. The Labute approximate surface area is 191 Å². The zero-order chi connectivity index (χ0) is 22.5. The van der Waals surface area contributed by atoms with E-state index >= 15 is 0 Å².